The van der Waals surface area contributed by atoms with Gasteiger partial charge in [0, 0.05) is 45.4 Å². The Morgan fingerprint density at radius 2 is 1.65 bits per heavy atom. The number of benzene rings is 2. The lowest BCUT2D eigenvalue weighted by Gasteiger charge is -2.46. The summed E-state index contributed by atoms with van der Waals surface area (Å²) in [5.41, 5.74) is 3.87. The maximum Gasteiger partial charge on any atom is 0.254 e. The molecule has 1 amide bonds. The highest BCUT2D eigenvalue weighted by Crippen LogP contribution is 2.45. The normalized spacial score (nSPS) is 30.7. The third kappa shape index (κ3) is 5.20. The Kier molecular flexibility index (Phi) is 8.05. The standard InChI is InChI=1S/C35H46N4O4/c1-24-36-29-11-7-8-12-30(29)39(24)28-21-26-13-14-27(22-28)38(26)20-17-35(25-9-5-4-6-10-25)15-18-37(19-16-35)34(40)33-32(42-3)31(41-2)23-43-33/h4-12,26-28,31-33H,13-23H2,1-3H3/t26-,27+,28?,31-,32-,33-/m0/s1. The first-order chi connectivity index (χ1) is 21.0. The lowest BCUT2D eigenvalue weighted by molar-refractivity contribution is -0.148. The molecule has 8 heteroatoms. The zero-order chi connectivity index (χ0) is 29.6. The number of imidazole rings is 1. The summed E-state index contributed by atoms with van der Waals surface area (Å²) < 4.78 is 19.5. The van der Waals surface area contributed by atoms with Gasteiger partial charge in [-0.25, -0.2) is 4.98 Å². The number of likely N-dealkylation sites (tertiary alicyclic amines) is 1. The van der Waals surface area contributed by atoms with Crippen molar-refractivity contribution in [2.45, 2.75) is 93.7 Å². The summed E-state index contributed by atoms with van der Waals surface area (Å²) in [6, 6.07) is 21.4. The van der Waals surface area contributed by atoms with E-state index < -0.39 is 6.10 Å². The van der Waals surface area contributed by atoms with E-state index in [4.69, 9.17) is 19.2 Å². The summed E-state index contributed by atoms with van der Waals surface area (Å²) in [4.78, 5) is 23.3. The van der Waals surface area contributed by atoms with E-state index in [2.05, 4.69) is 71.0 Å². The second-order valence-corrected chi connectivity index (χ2v) is 13.2. The van der Waals surface area contributed by atoms with Crippen molar-refractivity contribution >= 4 is 16.9 Å². The lowest BCUT2D eigenvalue weighted by atomic mass is 9.70. The van der Waals surface area contributed by atoms with Gasteiger partial charge in [-0.2, -0.15) is 0 Å². The number of hydrogen-bond donors (Lipinski definition) is 0. The molecule has 4 saturated heterocycles. The highest BCUT2D eigenvalue weighted by Gasteiger charge is 2.47. The van der Waals surface area contributed by atoms with Gasteiger partial charge in [-0.1, -0.05) is 42.5 Å². The fraction of sp³-hybridized carbons (Fsp3) is 0.600. The van der Waals surface area contributed by atoms with Crippen LogP contribution >= 0.6 is 0 Å². The van der Waals surface area contributed by atoms with E-state index in [-0.39, 0.29) is 23.5 Å². The van der Waals surface area contributed by atoms with Gasteiger partial charge in [-0.15, -0.1) is 0 Å². The number of para-hydroxylation sites is 2. The number of hydrogen-bond acceptors (Lipinski definition) is 6. The molecule has 0 N–H and O–H groups in total. The van der Waals surface area contributed by atoms with E-state index in [1.165, 1.54) is 36.8 Å². The van der Waals surface area contributed by atoms with Crippen molar-refractivity contribution in [3.63, 3.8) is 0 Å². The molecule has 2 bridgehead atoms. The van der Waals surface area contributed by atoms with Crippen LogP contribution < -0.4 is 0 Å². The Hall–Kier alpha value is -2.78. The molecule has 8 nitrogen and oxygen atoms in total. The molecule has 3 aromatic rings. The van der Waals surface area contributed by atoms with Gasteiger partial charge in [0.25, 0.3) is 5.91 Å². The monoisotopic (exact) mass is 586 g/mol. The number of carbonyl (C=O) groups excluding carboxylic acids is 1. The van der Waals surface area contributed by atoms with Gasteiger partial charge in [0.15, 0.2) is 6.10 Å². The molecular weight excluding hydrogens is 540 g/mol. The molecule has 0 spiro atoms. The van der Waals surface area contributed by atoms with Gasteiger partial charge in [-0.3, -0.25) is 9.69 Å². The van der Waals surface area contributed by atoms with E-state index >= 15 is 0 Å². The summed E-state index contributed by atoms with van der Waals surface area (Å²) in [7, 11) is 3.29. The number of carbonyl (C=O) groups is 1. The van der Waals surface area contributed by atoms with E-state index in [0.29, 0.717) is 24.7 Å². The number of ether oxygens (including phenoxy) is 3. The summed E-state index contributed by atoms with van der Waals surface area (Å²) in [6.07, 6.45) is 6.87. The molecule has 6 atom stereocenters. The van der Waals surface area contributed by atoms with E-state index in [9.17, 15) is 4.79 Å². The molecular formula is C35H46N4O4. The minimum absolute atomic E-state index is 0.0375. The van der Waals surface area contributed by atoms with Gasteiger partial charge in [-0.05, 0) is 81.5 Å². The smallest absolute Gasteiger partial charge is 0.254 e. The summed E-state index contributed by atoms with van der Waals surface area (Å²) >= 11 is 0. The van der Waals surface area contributed by atoms with Crippen LogP contribution in [0.15, 0.2) is 54.6 Å². The molecule has 7 rings (SSSR count). The number of aryl methyl sites for hydroxylation is 1. The molecule has 1 unspecified atom stereocenters. The first-order valence-corrected chi connectivity index (χ1v) is 16.2. The zero-order valence-corrected chi connectivity index (χ0v) is 25.9. The van der Waals surface area contributed by atoms with Crippen molar-refractivity contribution in [1.29, 1.82) is 0 Å². The van der Waals surface area contributed by atoms with E-state index in [1.54, 1.807) is 14.2 Å². The van der Waals surface area contributed by atoms with E-state index in [0.717, 1.165) is 50.2 Å². The molecule has 43 heavy (non-hydrogen) atoms. The van der Waals surface area contributed by atoms with Crippen LogP contribution in [0.1, 0.15) is 62.4 Å². The predicted molar refractivity (Wildman–Crippen MR) is 166 cm³/mol. The third-order valence-electron chi connectivity index (χ3n) is 11.2. The second kappa shape index (κ2) is 12.0. The van der Waals surface area contributed by atoms with Crippen LogP contribution in [-0.2, 0) is 24.4 Å². The van der Waals surface area contributed by atoms with E-state index in [1.807, 2.05) is 4.90 Å². The summed E-state index contributed by atoms with van der Waals surface area (Å²) in [6.45, 7) is 5.15. The molecule has 4 aliphatic heterocycles. The van der Waals surface area contributed by atoms with Gasteiger partial charge in [0.1, 0.15) is 18.0 Å². The second-order valence-electron chi connectivity index (χ2n) is 13.2. The largest absolute Gasteiger partial charge is 0.376 e. The zero-order valence-electron chi connectivity index (χ0n) is 25.9. The number of nitrogens with zero attached hydrogens (tertiary/aromatic N) is 4. The minimum Gasteiger partial charge on any atom is -0.376 e. The van der Waals surface area contributed by atoms with Crippen molar-refractivity contribution in [1.82, 2.24) is 19.4 Å². The maximum atomic E-state index is 13.6. The molecule has 1 aromatic heterocycles. The van der Waals surface area contributed by atoms with Crippen molar-refractivity contribution < 1.29 is 19.0 Å². The Bertz CT molecular complexity index is 1400. The average Bonchev–Trinajstić information content (AvgIpc) is 3.69. The van der Waals surface area contributed by atoms with Crippen LogP contribution in [0.5, 0.6) is 0 Å². The average molecular weight is 587 g/mol. The van der Waals surface area contributed by atoms with Gasteiger partial charge < -0.3 is 23.7 Å². The van der Waals surface area contributed by atoms with Crippen LogP contribution in [0.25, 0.3) is 11.0 Å². The molecule has 230 valence electrons. The van der Waals surface area contributed by atoms with Crippen LogP contribution in [-0.4, -0.2) is 96.1 Å². The van der Waals surface area contributed by atoms with Crippen LogP contribution in [0.4, 0.5) is 0 Å². The highest BCUT2D eigenvalue weighted by molar-refractivity contribution is 5.82. The summed E-state index contributed by atoms with van der Waals surface area (Å²) in [5.74, 6) is 1.18. The molecule has 4 aliphatic rings. The Balaban J connectivity index is 1.04. The number of methoxy groups -OCH3 is 2. The third-order valence-corrected chi connectivity index (χ3v) is 11.2. The predicted octanol–water partition coefficient (Wildman–Crippen LogP) is 4.89. The number of fused-ring (bicyclic) bond motifs is 3. The fourth-order valence-corrected chi connectivity index (χ4v) is 8.87. The highest BCUT2D eigenvalue weighted by atomic mass is 16.6. The SMILES string of the molecule is CO[C@H]1[C@@H](OC)CO[C@@H]1C(=O)N1CCC(CCN2[C@@H]3CC[C@H]2CC(n2c(C)nc4ccccc42)C3)(c2ccccc2)CC1. The van der Waals surface area contributed by atoms with Crippen LogP contribution in [0.2, 0.25) is 0 Å². The summed E-state index contributed by atoms with van der Waals surface area (Å²) in [5, 5.41) is 0. The van der Waals surface area contributed by atoms with Crippen LogP contribution in [0.3, 0.4) is 0 Å². The van der Waals surface area contributed by atoms with Crippen molar-refractivity contribution in [2.24, 2.45) is 0 Å². The van der Waals surface area contributed by atoms with Crippen molar-refractivity contribution in [3.8, 4) is 0 Å². The number of aromatic nitrogens is 2. The Labute approximate surface area is 255 Å². The molecule has 0 aliphatic carbocycles. The molecule has 0 radical (unpaired) electrons. The number of rotatable bonds is 8. The number of amides is 1. The molecule has 4 fully saturated rings. The molecule has 0 saturated carbocycles. The minimum atomic E-state index is -0.590. The fourth-order valence-electron chi connectivity index (χ4n) is 8.87. The van der Waals surface area contributed by atoms with Crippen molar-refractivity contribution in [3.05, 3.63) is 66.0 Å². The Morgan fingerprint density at radius 1 is 0.953 bits per heavy atom. The Morgan fingerprint density at radius 3 is 2.35 bits per heavy atom. The number of piperidine rings is 2. The first kappa shape index (κ1) is 29.0. The van der Waals surface area contributed by atoms with Crippen molar-refractivity contribution in [2.75, 3.05) is 40.5 Å². The van der Waals surface area contributed by atoms with Gasteiger partial charge in [0.2, 0.25) is 0 Å². The first-order valence-electron chi connectivity index (χ1n) is 16.2. The lowest BCUT2D eigenvalue weighted by Crippen LogP contribution is -2.52. The van der Waals surface area contributed by atoms with Gasteiger partial charge >= 0.3 is 0 Å². The quantitative estimate of drug-likeness (QED) is 0.375. The van der Waals surface area contributed by atoms with Crippen LogP contribution in [0, 0.1) is 6.92 Å². The maximum absolute atomic E-state index is 13.6. The molecule has 5 heterocycles. The molecule has 2 aromatic carbocycles. The topological polar surface area (TPSA) is 69.1 Å². The van der Waals surface area contributed by atoms with Gasteiger partial charge in [0.05, 0.1) is 17.6 Å².